The van der Waals surface area contributed by atoms with Crippen LogP contribution in [0, 0.1) is 17.0 Å². The normalized spacial score (nSPS) is 15.4. The monoisotopic (exact) mass is 928 g/mol. The van der Waals surface area contributed by atoms with Crippen molar-refractivity contribution < 1.29 is 70.8 Å². The number of aliphatic hydroxyl groups excluding tert-OH is 1. The molecule has 64 heavy (non-hydrogen) atoms. The third-order valence-corrected chi connectivity index (χ3v) is 10.7. The summed E-state index contributed by atoms with van der Waals surface area (Å²) in [6.07, 6.45) is -3.75. The average molecular weight is 929 g/mol. The van der Waals surface area contributed by atoms with Gasteiger partial charge in [-0.05, 0) is 35.6 Å². The number of nitrogens with zero attached hydrogens (tertiary/aromatic N) is 4. The minimum absolute atomic E-state index is 0.0585. The predicted octanol–water partition coefficient (Wildman–Crippen LogP) is 1.64. The number of imidazole rings is 1. The first-order valence-electron chi connectivity index (χ1n) is 19.4. The van der Waals surface area contributed by atoms with Gasteiger partial charge in [0.2, 0.25) is 29.5 Å². The fourth-order valence-electron chi connectivity index (χ4n) is 6.23. The van der Waals surface area contributed by atoms with Gasteiger partial charge in [-0.3, -0.25) is 33.7 Å². The molecule has 3 aromatic rings. The highest BCUT2D eigenvalue weighted by Gasteiger charge is 2.41. The molecule has 1 aliphatic rings. The molecule has 0 saturated carbocycles. The number of likely N-dealkylation sites (tertiary alicyclic amines) is 1. The van der Waals surface area contributed by atoms with E-state index in [9.17, 15) is 55.8 Å². The number of hydrogen-bond acceptors (Lipinski definition) is 12. The van der Waals surface area contributed by atoms with Gasteiger partial charge in [-0.1, -0.05) is 51.1 Å². The third kappa shape index (κ3) is 15.1. The molecular weight excluding hydrogens is 880 g/mol. The van der Waals surface area contributed by atoms with Gasteiger partial charge in [-0.25, -0.2) is 18.6 Å². The Morgan fingerprint density at radius 1 is 0.969 bits per heavy atom. The highest BCUT2D eigenvalue weighted by molar-refractivity contribution is 8.00. The van der Waals surface area contributed by atoms with Crippen LogP contribution in [0.5, 0.6) is 0 Å². The number of carboxylic acid groups (broad SMARTS) is 2. The van der Waals surface area contributed by atoms with Crippen LogP contribution in [0.15, 0.2) is 54.7 Å². The molecule has 9 N–H and O–H groups in total. The molecule has 4 rings (SSSR count). The van der Waals surface area contributed by atoms with Crippen molar-refractivity contribution in [2.75, 3.05) is 38.5 Å². The number of aliphatic carboxylic acids is 2. The van der Waals surface area contributed by atoms with Crippen molar-refractivity contribution in [1.82, 2.24) is 30.0 Å². The van der Waals surface area contributed by atoms with E-state index < -0.39 is 101 Å². The molecule has 350 valence electrons. The van der Waals surface area contributed by atoms with Crippen LogP contribution < -0.4 is 22.1 Å². The van der Waals surface area contributed by atoms with Gasteiger partial charge in [0.05, 0.1) is 23.0 Å². The number of imide groups is 1. The first-order chi connectivity index (χ1) is 29.8. The molecule has 0 bridgehead atoms. The maximum absolute atomic E-state index is 15.0. The van der Waals surface area contributed by atoms with Crippen LogP contribution in [0.2, 0.25) is 0 Å². The number of aromatic nitrogens is 2. The van der Waals surface area contributed by atoms with Crippen molar-refractivity contribution in [2.24, 2.45) is 16.9 Å². The molecule has 18 nitrogen and oxygen atoms in total. The number of halogens is 5. The van der Waals surface area contributed by atoms with Crippen LogP contribution in [0.4, 0.5) is 22.0 Å². The molecule has 1 unspecified atom stereocenters. The number of carbonyl (C=O) groups excluding carboxylic acids is 5. The molecule has 2 heterocycles. The van der Waals surface area contributed by atoms with Crippen LogP contribution in [-0.4, -0.2) is 138 Å². The number of alkyl halides is 3. The minimum atomic E-state index is -5.08. The van der Waals surface area contributed by atoms with E-state index in [1.807, 2.05) is 51.1 Å². The molecule has 4 atom stereocenters. The number of nitrogens with one attached hydrogen (secondary N) is 2. The maximum atomic E-state index is 15.0. The number of rotatable bonds is 19. The number of thioether (sulfide) groups is 1. The Bertz CT molecular complexity index is 2160. The van der Waals surface area contributed by atoms with Gasteiger partial charge >= 0.3 is 18.1 Å². The molecule has 0 spiro atoms. The van der Waals surface area contributed by atoms with E-state index >= 15 is 0 Å². The standard InChI is InChI=1S/C38H48F2N8O8S.C2HF3O2/c1-38(2,3)33(34-45-28(24-15-23(39)9-10-25(24)40)18-46(34)17-22-7-5-4-6-8-22)47(32(52)20-49)14-11-26(41)35(53)44-13-12-43-30(50)19-48-31(51)16-29(36(48)54)57-21-27(42)37(55)56;3-2(4,5)1(6)7/h4-10,15,18,26-27,29,33,49H,11-14,16-17,19-21,41-42H2,1-3H3,(H,43,50)(H,44,53)(H,55,56);(H,6,7)/t26-,27-,29?,33-;/m0./s1. The lowest BCUT2D eigenvalue weighted by Crippen LogP contribution is -2.48. The Kier molecular flexibility index (Phi) is 18.9. The highest BCUT2D eigenvalue weighted by atomic mass is 32.2. The zero-order valence-corrected chi connectivity index (χ0v) is 35.6. The Balaban J connectivity index is 0.00000143. The topological polar surface area (TPSA) is 281 Å². The number of aliphatic hydroxyl groups is 1. The number of hydrogen-bond donors (Lipinski definition) is 7. The molecule has 0 radical (unpaired) electrons. The van der Waals surface area contributed by atoms with Crippen LogP contribution in [0.25, 0.3) is 11.3 Å². The van der Waals surface area contributed by atoms with Crippen molar-refractivity contribution in [3.63, 3.8) is 0 Å². The number of carboxylic acids is 2. The molecule has 1 aromatic heterocycles. The zero-order valence-electron chi connectivity index (χ0n) is 34.8. The van der Waals surface area contributed by atoms with Crippen molar-refractivity contribution in [2.45, 2.75) is 69.7 Å². The van der Waals surface area contributed by atoms with E-state index in [4.69, 9.17) is 31.5 Å². The summed E-state index contributed by atoms with van der Waals surface area (Å²) in [5.74, 6) is -8.27. The Labute approximate surface area is 367 Å². The first kappa shape index (κ1) is 52.4. The molecule has 1 saturated heterocycles. The van der Waals surface area contributed by atoms with E-state index in [1.54, 1.807) is 10.8 Å². The highest BCUT2D eigenvalue weighted by Crippen LogP contribution is 2.39. The fourth-order valence-corrected chi connectivity index (χ4v) is 7.34. The second-order valence-corrected chi connectivity index (χ2v) is 16.6. The maximum Gasteiger partial charge on any atom is 0.490 e. The SMILES string of the molecule is CC(C)(C)[C@H](c1nc(-c2cc(F)ccc2F)cn1Cc1ccccc1)N(CC[C@H](N)C(=O)NCCNC(=O)CN1C(=O)CC(SC[C@H](N)C(=O)O)C1=O)C(=O)CO.O=C(O)C(F)(F)F. The summed E-state index contributed by atoms with van der Waals surface area (Å²) in [6.45, 7) is 4.16. The van der Waals surface area contributed by atoms with E-state index in [0.29, 0.717) is 5.82 Å². The van der Waals surface area contributed by atoms with Crippen LogP contribution >= 0.6 is 11.8 Å². The van der Waals surface area contributed by atoms with Gasteiger partial charge in [0.25, 0.3) is 0 Å². The molecular formula is C40H49F5N8O10S. The summed E-state index contributed by atoms with van der Waals surface area (Å²) in [5, 5.41) is 30.4. The van der Waals surface area contributed by atoms with Gasteiger partial charge in [0.1, 0.15) is 36.7 Å². The lowest BCUT2D eigenvalue weighted by atomic mass is 9.84. The lowest BCUT2D eigenvalue weighted by Gasteiger charge is -2.40. The number of nitrogens with two attached hydrogens (primary N) is 2. The predicted molar refractivity (Wildman–Crippen MR) is 220 cm³/mol. The quantitative estimate of drug-likeness (QED) is 0.0512. The van der Waals surface area contributed by atoms with Gasteiger partial charge in [0.15, 0.2) is 0 Å². The van der Waals surface area contributed by atoms with E-state index in [-0.39, 0.29) is 56.0 Å². The van der Waals surface area contributed by atoms with Gasteiger partial charge in [0, 0.05) is 50.1 Å². The second-order valence-electron chi connectivity index (χ2n) is 15.4. The summed E-state index contributed by atoms with van der Waals surface area (Å²) >= 11 is 0.931. The minimum Gasteiger partial charge on any atom is -0.480 e. The summed E-state index contributed by atoms with van der Waals surface area (Å²) in [6, 6.07) is 9.16. The summed E-state index contributed by atoms with van der Waals surface area (Å²) in [5.41, 5.74) is 11.9. The van der Waals surface area contributed by atoms with Gasteiger partial charge < -0.3 is 46.9 Å². The fraction of sp³-hybridized carbons (Fsp3) is 0.450. The Hall–Kier alpha value is -5.98. The Morgan fingerprint density at radius 3 is 2.17 bits per heavy atom. The number of carbonyl (C=O) groups is 7. The van der Waals surface area contributed by atoms with Gasteiger partial charge in [-0.15, -0.1) is 11.8 Å². The van der Waals surface area contributed by atoms with Crippen LogP contribution in [0.1, 0.15) is 51.0 Å². The summed E-state index contributed by atoms with van der Waals surface area (Å²) in [4.78, 5) is 90.6. The molecule has 0 aliphatic carbocycles. The molecule has 2 aromatic carbocycles. The smallest absolute Gasteiger partial charge is 0.480 e. The van der Waals surface area contributed by atoms with Crippen LogP contribution in [0.3, 0.4) is 0 Å². The Morgan fingerprint density at radius 2 is 1.59 bits per heavy atom. The molecule has 24 heteroatoms. The molecule has 1 aliphatic heterocycles. The zero-order chi connectivity index (χ0) is 48.1. The van der Waals surface area contributed by atoms with E-state index in [1.165, 1.54) is 4.90 Å². The first-order valence-corrected chi connectivity index (χ1v) is 20.4. The molecule has 5 amide bonds. The van der Waals surface area contributed by atoms with Crippen molar-refractivity contribution in [1.29, 1.82) is 0 Å². The van der Waals surface area contributed by atoms with E-state index in [0.717, 1.165) is 40.4 Å². The summed E-state index contributed by atoms with van der Waals surface area (Å²) < 4.78 is 62.7. The summed E-state index contributed by atoms with van der Waals surface area (Å²) in [7, 11) is 0. The number of amides is 5. The third-order valence-electron chi connectivity index (χ3n) is 9.34. The van der Waals surface area contributed by atoms with Crippen molar-refractivity contribution in [3.05, 3.63) is 77.8 Å². The van der Waals surface area contributed by atoms with Gasteiger partial charge in [-0.2, -0.15) is 13.2 Å². The second kappa shape index (κ2) is 23.1. The van der Waals surface area contributed by atoms with E-state index in [2.05, 4.69) is 10.6 Å². The van der Waals surface area contributed by atoms with Crippen LogP contribution in [-0.2, 0) is 40.1 Å². The largest absolute Gasteiger partial charge is 0.490 e. The number of benzene rings is 2. The van der Waals surface area contributed by atoms with Crippen molar-refractivity contribution >= 4 is 53.2 Å². The lowest BCUT2D eigenvalue weighted by molar-refractivity contribution is -0.192. The molecule has 1 fully saturated rings. The average Bonchev–Trinajstić information content (AvgIpc) is 3.74. The van der Waals surface area contributed by atoms with Crippen molar-refractivity contribution in [3.8, 4) is 11.3 Å².